The fourth-order valence-electron chi connectivity index (χ4n) is 4.13. The van der Waals surface area contributed by atoms with Gasteiger partial charge >= 0.3 is 0 Å². The first-order valence-corrected chi connectivity index (χ1v) is 12.3. The number of hydrogen-bond donors (Lipinski definition) is 0. The molecule has 30 heavy (non-hydrogen) atoms. The lowest BCUT2D eigenvalue weighted by atomic mass is 9.95. The van der Waals surface area contributed by atoms with Crippen molar-refractivity contribution in [1.82, 2.24) is 9.88 Å². The Labute approximate surface area is 191 Å². The molecule has 0 bridgehead atoms. The summed E-state index contributed by atoms with van der Waals surface area (Å²) < 4.78 is 0. The lowest BCUT2D eigenvalue weighted by molar-refractivity contribution is 0.252. The average molecular weight is 452 g/mol. The summed E-state index contributed by atoms with van der Waals surface area (Å²) in [6, 6.07) is 23.6. The van der Waals surface area contributed by atoms with E-state index < -0.39 is 0 Å². The van der Waals surface area contributed by atoms with Gasteiger partial charge in [0.15, 0.2) is 5.17 Å². The molecule has 152 valence electrons. The number of halogens is 1. The van der Waals surface area contributed by atoms with E-state index in [-0.39, 0.29) is 12.1 Å². The van der Waals surface area contributed by atoms with Crippen molar-refractivity contribution in [2.45, 2.75) is 41.3 Å². The third kappa shape index (κ3) is 3.75. The molecule has 0 amide bonds. The Morgan fingerprint density at radius 1 is 1.07 bits per heavy atom. The van der Waals surface area contributed by atoms with Gasteiger partial charge in [-0.2, -0.15) is 0 Å². The number of pyridine rings is 1. The molecule has 3 atom stereocenters. The number of amidine groups is 1. The summed E-state index contributed by atoms with van der Waals surface area (Å²) in [5.74, 6) is 1.10. The van der Waals surface area contributed by atoms with E-state index in [0.29, 0.717) is 6.04 Å². The van der Waals surface area contributed by atoms with E-state index >= 15 is 0 Å². The van der Waals surface area contributed by atoms with Crippen LogP contribution in [0.2, 0.25) is 5.02 Å². The van der Waals surface area contributed by atoms with Crippen molar-refractivity contribution in [2.24, 2.45) is 4.99 Å². The third-order valence-electron chi connectivity index (χ3n) is 5.61. The van der Waals surface area contributed by atoms with Gasteiger partial charge in [0.2, 0.25) is 0 Å². The molecule has 6 heteroatoms. The molecule has 2 aliphatic rings. The summed E-state index contributed by atoms with van der Waals surface area (Å²) in [5, 5.41) is 1.92. The van der Waals surface area contributed by atoms with Crippen LogP contribution < -0.4 is 0 Å². The topological polar surface area (TPSA) is 28.5 Å². The molecule has 1 aromatic heterocycles. The van der Waals surface area contributed by atoms with E-state index in [1.165, 1.54) is 15.4 Å². The summed E-state index contributed by atoms with van der Waals surface area (Å²) >= 11 is 9.76. The van der Waals surface area contributed by atoms with Crippen molar-refractivity contribution < 1.29 is 0 Å². The number of fused-ring (bicyclic) bond motifs is 1. The van der Waals surface area contributed by atoms with Gasteiger partial charge in [-0.15, -0.1) is 0 Å². The Kier molecular flexibility index (Phi) is 5.77. The molecule has 3 aromatic rings. The fourth-order valence-corrected chi connectivity index (χ4v) is 6.58. The second-order valence-corrected chi connectivity index (χ2v) is 9.97. The van der Waals surface area contributed by atoms with Crippen LogP contribution in [0.5, 0.6) is 0 Å². The van der Waals surface area contributed by atoms with Crippen molar-refractivity contribution in [1.29, 1.82) is 0 Å². The average Bonchev–Trinajstić information content (AvgIpc) is 3.35. The zero-order valence-electron chi connectivity index (χ0n) is 16.6. The molecule has 2 aliphatic heterocycles. The van der Waals surface area contributed by atoms with Gasteiger partial charge in [-0.25, -0.2) is 0 Å². The molecule has 0 spiro atoms. The molecular formula is C24H22ClN3S2. The highest BCUT2D eigenvalue weighted by atomic mass is 35.5. The molecule has 0 saturated carbocycles. The van der Waals surface area contributed by atoms with Crippen LogP contribution in [0.15, 0.2) is 87.7 Å². The molecule has 3 heterocycles. The number of aliphatic imine (C=N–C) groups is 1. The zero-order chi connectivity index (χ0) is 20.5. The maximum Gasteiger partial charge on any atom is 0.160 e. The van der Waals surface area contributed by atoms with Gasteiger partial charge in [-0.1, -0.05) is 66.3 Å². The number of thioether (sulfide) groups is 1. The minimum Gasteiger partial charge on any atom is -0.338 e. The quantitative estimate of drug-likeness (QED) is 0.423. The molecule has 2 aromatic carbocycles. The Morgan fingerprint density at radius 3 is 2.63 bits per heavy atom. The van der Waals surface area contributed by atoms with Gasteiger partial charge < -0.3 is 4.90 Å². The molecular weight excluding hydrogens is 430 g/mol. The minimum atomic E-state index is 0.00928. The van der Waals surface area contributed by atoms with Crippen molar-refractivity contribution in [3.63, 3.8) is 0 Å². The molecule has 0 unspecified atom stereocenters. The highest BCUT2D eigenvalue weighted by Crippen LogP contribution is 2.50. The molecule has 0 radical (unpaired) electrons. The van der Waals surface area contributed by atoms with Crippen LogP contribution in [-0.4, -0.2) is 26.8 Å². The maximum atomic E-state index is 6.09. The molecule has 0 N–H and O–H groups in total. The fraction of sp³-hybridized carbons (Fsp3) is 0.250. The van der Waals surface area contributed by atoms with E-state index in [4.69, 9.17) is 16.6 Å². The molecule has 1 fully saturated rings. The van der Waals surface area contributed by atoms with Crippen molar-refractivity contribution >= 4 is 40.3 Å². The van der Waals surface area contributed by atoms with E-state index in [0.717, 1.165) is 28.1 Å². The largest absolute Gasteiger partial charge is 0.338 e. The zero-order valence-corrected chi connectivity index (χ0v) is 19.0. The summed E-state index contributed by atoms with van der Waals surface area (Å²) in [4.78, 5) is 14.8. The third-order valence-corrected chi connectivity index (χ3v) is 8.09. The minimum absolute atomic E-state index is 0.00928. The number of aromatic nitrogens is 1. The monoisotopic (exact) mass is 451 g/mol. The Hall–Kier alpha value is -1.95. The van der Waals surface area contributed by atoms with Crippen LogP contribution in [0, 0.1) is 0 Å². The van der Waals surface area contributed by atoms with Crippen LogP contribution in [0.3, 0.4) is 0 Å². The summed E-state index contributed by atoms with van der Waals surface area (Å²) in [6.45, 7) is 2.27. The van der Waals surface area contributed by atoms with Crippen molar-refractivity contribution in [3.8, 4) is 0 Å². The number of hydrogen-bond acceptors (Lipinski definition) is 5. The lowest BCUT2D eigenvalue weighted by Crippen LogP contribution is -2.35. The second kappa shape index (κ2) is 8.66. The molecule has 5 rings (SSSR count). The first-order chi connectivity index (χ1) is 14.7. The van der Waals surface area contributed by atoms with Crippen molar-refractivity contribution in [2.75, 3.05) is 5.75 Å². The van der Waals surface area contributed by atoms with Crippen LogP contribution >= 0.6 is 35.1 Å². The van der Waals surface area contributed by atoms with Gasteiger partial charge in [0.1, 0.15) is 6.04 Å². The summed E-state index contributed by atoms with van der Waals surface area (Å²) in [7, 11) is 0. The lowest BCUT2D eigenvalue weighted by Gasteiger charge is -2.33. The first-order valence-electron chi connectivity index (χ1n) is 10.2. The van der Waals surface area contributed by atoms with Gasteiger partial charge in [0, 0.05) is 32.8 Å². The maximum absolute atomic E-state index is 6.09. The SMILES string of the molecule is CC[C@@H]1CSC2=N[C@H](c3ccccn3)[C@H](c3ccccc3Sc3ccc(Cl)cc3)N21. The standard InChI is InChI=1S/C24H22ClN3S2/c1-2-17-15-29-24-27-22(20-8-5-6-14-26-20)23(28(17)24)19-7-3-4-9-21(19)30-18-12-10-16(25)11-13-18/h3-14,17,22-23H,2,15H2,1H3/t17-,22-,23+/m1/s1. The van der Waals surface area contributed by atoms with Crippen LogP contribution in [0.4, 0.5) is 0 Å². The Bertz CT molecular complexity index is 1060. The van der Waals surface area contributed by atoms with Gasteiger partial charge in [-0.3, -0.25) is 9.98 Å². The predicted octanol–water partition coefficient (Wildman–Crippen LogP) is 6.87. The van der Waals surface area contributed by atoms with E-state index in [9.17, 15) is 0 Å². The van der Waals surface area contributed by atoms with Crippen LogP contribution in [0.25, 0.3) is 0 Å². The number of benzene rings is 2. The Morgan fingerprint density at radius 2 is 1.87 bits per heavy atom. The first kappa shape index (κ1) is 20.0. The van der Waals surface area contributed by atoms with Crippen molar-refractivity contribution in [3.05, 3.63) is 89.2 Å². The van der Waals surface area contributed by atoms with Gasteiger partial charge in [0.25, 0.3) is 0 Å². The van der Waals surface area contributed by atoms with E-state index in [2.05, 4.69) is 65.3 Å². The smallest absolute Gasteiger partial charge is 0.160 e. The Balaban J connectivity index is 1.57. The number of rotatable bonds is 5. The van der Waals surface area contributed by atoms with E-state index in [1.54, 1.807) is 11.8 Å². The summed E-state index contributed by atoms with van der Waals surface area (Å²) in [6.07, 6.45) is 2.98. The normalized spacial score (nSPS) is 22.8. The van der Waals surface area contributed by atoms with Crippen LogP contribution in [0.1, 0.15) is 36.7 Å². The molecule has 3 nitrogen and oxygen atoms in total. The highest BCUT2D eigenvalue weighted by Gasteiger charge is 2.46. The van der Waals surface area contributed by atoms with E-state index in [1.807, 2.05) is 36.2 Å². The van der Waals surface area contributed by atoms with Crippen LogP contribution in [-0.2, 0) is 0 Å². The highest BCUT2D eigenvalue weighted by molar-refractivity contribution is 8.14. The second-order valence-electron chi connectivity index (χ2n) is 7.43. The molecule has 1 saturated heterocycles. The summed E-state index contributed by atoms with van der Waals surface area (Å²) in [5.41, 5.74) is 2.35. The number of nitrogens with zero attached hydrogens (tertiary/aromatic N) is 3. The van der Waals surface area contributed by atoms with Gasteiger partial charge in [0.05, 0.1) is 11.7 Å². The predicted molar refractivity (Wildman–Crippen MR) is 128 cm³/mol. The molecule has 0 aliphatic carbocycles. The van der Waals surface area contributed by atoms with Gasteiger partial charge in [-0.05, 0) is 54.4 Å².